The fourth-order valence-corrected chi connectivity index (χ4v) is 2.62. The number of nitrogens with one attached hydrogen (secondary N) is 1. The second kappa shape index (κ2) is 6.39. The zero-order chi connectivity index (χ0) is 12.9. The van der Waals surface area contributed by atoms with Gasteiger partial charge in [-0.2, -0.15) is 0 Å². The van der Waals surface area contributed by atoms with E-state index in [0.717, 1.165) is 18.8 Å². The first-order chi connectivity index (χ1) is 8.05. The molecule has 0 unspecified atom stereocenters. The van der Waals surface area contributed by atoms with Gasteiger partial charge in [0.15, 0.2) is 0 Å². The zero-order valence-corrected chi connectivity index (χ0v) is 11.6. The third-order valence-corrected chi connectivity index (χ3v) is 4.47. The molecule has 0 saturated heterocycles. The van der Waals surface area contributed by atoms with E-state index < -0.39 is 5.54 Å². The van der Waals surface area contributed by atoms with Crippen molar-refractivity contribution in [2.45, 2.75) is 77.3 Å². The van der Waals surface area contributed by atoms with Crippen molar-refractivity contribution in [3.63, 3.8) is 0 Å². The summed E-state index contributed by atoms with van der Waals surface area (Å²) >= 11 is 0. The molecular formula is C14H28N2O. The zero-order valence-electron chi connectivity index (χ0n) is 11.6. The molecule has 3 nitrogen and oxygen atoms in total. The fraction of sp³-hybridized carbons (Fsp3) is 0.929. The number of nitrogens with two attached hydrogens (primary N) is 1. The van der Waals surface area contributed by atoms with Crippen LogP contribution < -0.4 is 11.1 Å². The van der Waals surface area contributed by atoms with Gasteiger partial charge < -0.3 is 11.1 Å². The van der Waals surface area contributed by atoms with Crippen molar-refractivity contribution in [3.05, 3.63) is 0 Å². The molecule has 0 radical (unpaired) electrons. The third kappa shape index (κ3) is 3.70. The number of carbonyl (C=O) groups is 1. The van der Waals surface area contributed by atoms with Crippen molar-refractivity contribution in [2.75, 3.05) is 0 Å². The van der Waals surface area contributed by atoms with Crippen LogP contribution in [-0.2, 0) is 4.79 Å². The summed E-state index contributed by atoms with van der Waals surface area (Å²) in [6.45, 7) is 6.22. The molecule has 0 aromatic carbocycles. The van der Waals surface area contributed by atoms with Crippen molar-refractivity contribution < 1.29 is 4.79 Å². The number of hydrogen-bond donors (Lipinski definition) is 2. The Kier molecular flexibility index (Phi) is 5.44. The van der Waals surface area contributed by atoms with Crippen LogP contribution in [-0.4, -0.2) is 17.5 Å². The van der Waals surface area contributed by atoms with Crippen LogP contribution in [0.15, 0.2) is 0 Å². The highest BCUT2D eigenvalue weighted by Gasteiger charge is 2.32. The summed E-state index contributed by atoms with van der Waals surface area (Å²) in [7, 11) is 0. The smallest absolute Gasteiger partial charge is 0.240 e. The van der Waals surface area contributed by atoms with E-state index in [4.69, 9.17) is 5.73 Å². The average molecular weight is 240 g/mol. The molecule has 17 heavy (non-hydrogen) atoms. The molecule has 0 aliphatic heterocycles. The summed E-state index contributed by atoms with van der Waals surface area (Å²) in [5.74, 6) is 0.908. The van der Waals surface area contributed by atoms with Crippen molar-refractivity contribution in [1.82, 2.24) is 5.32 Å². The summed E-state index contributed by atoms with van der Waals surface area (Å²) in [6.07, 6.45) is 7.42. The monoisotopic (exact) mass is 240 g/mol. The van der Waals surface area contributed by atoms with Gasteiger partial charge >= 0.3 is 0 Å². The van der Waals surface area contributed by atoms with E-state index in [1.54, 1.807) is 0 Å². The molecule has 0 bridgehead atoms. The lowest BCUT2D eigenvalue weighted by atomic mass is 9.84. The van der Waals surface area contributed by atoms with Crippen molar-refractivity contribution in [1.29, 1.82) is 0 Å². The van der Waals surface area contributed by atoms with Gasteiger partial charge in [0.2, 0.25) is 5.91 Å². The number of amides is 1. The largest absolute Gasteiger partial charge is 0.352 e. The summed E-state index contributed by atoms with van der Waals surface area (Å²) in [5, 5.41) is 3.14. The Bertz CT molecular complexity index is 241. The molecule has 1 rings (SSSR count). The topological polar surface area (TPSA) is 55.1 Å². The maximum atomic E-state index is 12.1. The van der Waals surface area contributed by atoms with Crippen molar-refractivity contribution in [2.24, 2.45) is 11.7 Å². The van der Waals surface area contributed by atoms with Crippen molar-refractivity contribution >= 4 is 5.91 Å². The normalized spacial score (nSPS) is 25.6. The molecule has 1 saturated carbocycles. The van der Waals surface area contributed by atoms with E-state index >= 15 is 0 Å². The molecule has 0 spiro atoms. The van der Waals surface area contributed by atoms with Crippen LogP contribution in [0.4, 0.5) is 0 Å². The SMILES string of the molecule is CCC1CCC(NC(=O)C(N)(CC)CC)CC1. The van der Waals surface area contributed by atoms with Crippen LogP contribution in [0.5, 0.6) is 0 Å². The van der Waals surface area contributed by atoms with E-state index in [9.17, 15) is 4.79 Å². The second-order valence-electron chi connectivity index (χ2n) is 5.46. The molecule has 1 aliphatic rings. The highest BCUT2D eigenvalue weighted by atomic mass is 16.2. The Hall–Kier alpha value is -0.570. The standard InChI is InChI=1S/C14H28N2O/c1-4-11-7-9-12(10-8-11)16-13(17)14(15,5-2)6-3/h11-12H,4-10,15H2,1-3H3,(H,16,17). The Morgan fingerprint density at radius 3 is 2.12 bits per heavy atom. The van der Waals surface area contributed by atoms with Gasteiger partial charge in [-0.3, -0.25) is 4.79 Å². The highest BCUT2D eigenvalue weighted by Crippen LogP contribution is 2.26. The van der Waals surface area contributed by atoms with E-state index in [2.05, 4.69) is 12.2 Å². The van der Waals surface area contributed by atoms with Crippen LogP contribution in [0, 0.1) is 5.92 Å². The first-order valence-electron chi connectivity index (χ1n) is 7.15. The van der Waals surface area contributed by atoms with Gasteiger partial charge in [0, 0.05) is 6.04 Å². The van der Waals surface area contributed by atoms with Gasteiger partial charge in [0.05, 0.1) is 5.54 Å². The van der Waals surface area contributed by atoms with Gasteiger partial charge in [-0.15, -0.1) is 0 Å². The lowest BCUT2D eigenvalue weighted by molar-refractivity contribution is -0.127. The number of hydrogen-bond acceptors (Lipinski definition) is 2. The number of rotatable bonds is 5. The first-order valence-corrected chi connectivity index (χ1v) is 7.15. The summed E-state index contributed by atoms with van der Waals surface area (Å²) in [4.78, 5) is 12.1. The Labute approximate surface area is 106 Å². The Morgan fingerprint density at radius 2 is 1.71 bits per heavy atom. The predicted octanol–water partition coefficient (Wildman–Crippen LogP) is 2.59. The lowest BCUT2D eigenvalue weighted by Crippen LogP contribution is -2.55. The van der Waals surface area contributed by atoms with Crippen LogP contribution in [0.1, 0.15) is 65.7 Å². The molecular weight excluding hydrogens is 212 g/mol. The molecule has 3 N–H and O–H groups in total. The second-order valence-corrected chi connectivity index (χ2v) is 5.46. The molecule has 100 valence electrons. The average Bonchev–Trinajstić information content (AvgIpc) is 2.38. The maximum absolute atomic E-state index is 12.1. The van der Waals surface area contributed by atoms with Gasteiger partial charge in [0.1, 0.15) is 0 Å². The fourth-order valence-electron chi connectivity index (χ4n) is 2.62. The van der Waals surface area contributed by atoms with E-state index in [-0.39, 0.29) is 5.91 Å². The maximum Gasteiger partial charge on any atom is 0.240 e. The highest BCUT2D eigenvalue weighted by molar-refractivity contribution is 5.86. The minimum absolute atomic E-state index is 0.0439. The molecule has 0 heterocycles. The first kappa shape index (κ1) is 14.5. The van der Waals surface area contributed by atoms with Crippen molar-refractivity contribution in [3.8, 4) is 0 Å². The molecule has 1 aliphatic carbocycles. The number of carbonyl (C=O) groups excluding carboxylic acids is 1. The summed E-state index contributed by atoms with van der Waals surface area (Å²) in [5.41, 5.74) is 5.43. The minimum Gasteiger partial charge on any atom is -0.352 e. The molecule has 0 aromatic heterocycles. The van der Waals surface area contributed by atoms with E-state index in [0.29, 0.717) is 18.9 Å². The van der Waals surface area contributed by atoms with Crippen LogP contribution in [0.3, 0.4) is 0 Å². The lowest BCUT2D eigenvalue weighted by Gasteiger charge is -2.32. The Balaban J connectivity index is 2.42. The van der Waals surface area contributed by atoms with Gasteiger partial charge in [-0.05, 0) is 44.4 Å². The van der Waals surface area contributed by atoms with E-state index in [1.165, 1.54) is 19.3 Å². The molecule has 0 atom stereocenters. The summed E-state index contributed by atoms with van der Waals surface area (Å²) < 4.78 is 0. The molecule has 1 fully saturated rings. The Morgan fingerprint density at radius 1 is 1.18 bits per heavy atom. The van der Waals surface area contributed by atoms with Gasteiger partial charge in [-0.1, -0.05) is 27.2 Å². The minimum atomic E-state index is -0.665. The molecule has 3 heteroatoms. The predicted molar refractivity (Wildman–Crippen MR) is 71.7 cm³/mol. The quantitative estimate of drug-likeness (QED) is 0.776. The third-order valence-electron chi connectivity index (χ3n) is 4.47. The van der Waals surface area contributed by atoms with Gasteiger partial charge in [-0.25, -0.2) is 0 Å². The molecule has 1 amide bonds. The van der Waals surface area contributed by atoms with Crippen LogP contribution in [0.2, 0.25) is 0 Å². The summed E-state index contributed by atoms with van der Waals surface area (Å²) in [6, 6.07) is 0.353. The van der Waals surface area contributed by atoms with Gasteiger partial charge in [0.25, 0.3) is 0 Å². The van der Waals surface area contributed by atoms with E-state index in [1.807, 2.05) is 13.8 Å². The van der Waals surface area contributed by atoms with Crippen LogP contribution >= 0.6 is 0 Å². The van der Waals surface area contributed by atoms with Crippen LogP contribution in [0.25, 0.3) is 0 Å². The molecule has 0 aromatic rings.